The van der Waals surface area contributed by atoms with Crippen LogP contribution in [0.25, 0.3) is 0 Å². The minimum absolute atomic E-state index is 0.385. The van der Waals surface area contributed by atoms with E-state index < -0.39 is 26.8 Å². The molecule has 8 nitrogen and oxygen atoms in total. The molecule has 0 unspecified atom stereocenters. The van der Waals surface area contributed by atoms with E-state index in [-0.39, 0.29) is 0 Å². The molecule has 0 saturated heterocycles. The summed E-state index contributed by atoms with van der Waals surface area (Å²) in [6.07, 6.45) is 8.23. The third-order valence-electron chi connectivity index (χ3n) is 5.98. The van der Waals surface area contributed by atoms with Gasteiger partial charge in [-0.15, -0.1) is 4.36 Å². The summed E-state index contributed by atoms with van der Waals surface area (Å²) in [6.45, 7) is 2.15. The second-order valence-electron chi connectivity index (χ2n) is 8.34. The molecule has 0 aliphatic heterocycles. The molecule has 3 aliphatic rings. The molecule has 0 aromatic carbocycles. The van der Waals surface area contributed by atoms with Gasteiger partial charge < -0.3 is 5.32 Å². The Morgan fingerprint density at radius 3 is 2.70 bits per heavy atom. The molecular weight excluding hydrogens is 407 g/mol. The molecule has 3 aliphatic carbocycles. The van der Waals surface area contributed by atoms with E-state index in [2.05, 4.69) is 14.8 Å². The van der Waals surface area contributed by atoms with E-state index in [4.69, 9.17) is 10.1 Å². The topological polar surface area (TPSA) is 115 Å². The summed E-state index contributed by atoms with van der Waals surface area (Å²) >= 11 is 0. The number of hydrogen-bond acceptors (Lipinski definition) is 4. The quantitative estimate of drug-likeness (QED) is 0.751. The standard InChI is InChI=1S/C20H25FN6O2S/c1-2-27-10-14(21)19(25-27)30(22,29)26-20(28)24-18-13-4-3-5-15(13)23-17(12-8-9-12)16(18)11-6-7-11/h10-12H,2-9H2,1H3,(H3,22,23,24,26,28,29)/t30-/m1/s1. The van der Waals surface area contributed by atoms with Crippen LogP contribution in [0.4, 0.5) is 14.9 Å². The number of anilines is 1. The second kappa shape index (κ2) is 7.12. The van der Waals surface area contributed by atoms with Gasteiger partial charge >= 0.3 is 6.03 Å². The maximum atomic E-state index is 14.1. The van der Waals surface area contributed by atoms with Crippen LogP contribution >= 0.6 is 0 Å². The number of nitrogens with one attached hydrogen (secondary N) is 1. The lowest BCUT2D eigenvalue weighted by atomic mass is 9.98. The van der Waals surface area contributed by atoms with Gasteiger partial charge in [0, 0.05) is 29.4 Å². The average molecular weight is 433 g/mol. The van der Waals surface area contributed by atoms with Gasteiger partial charge in [-0.3, -0.25) is 9.67 Å². The Balaban J connectivity index is 1.53. The van der Waals surface area contributed by atoms with Gasteiger partial charge in [-0.1, -0.05) is 0 Å². The molecule has 0 spiro atoms. The van der Waals surface area contributed by atoms with Crippen LogP contribution in [0.2, 0.25) is 0 Å². The molecule has 1 atom stereocenters. The molecule has 2 aromatic heterocycles. The summed E-state index contributed by atoms with van der Waals surface area (Å²) in [5.74, 6) is 0.0274. The zero-order valence-corrected chi connectivity index (χ0v) is 17.7. The first-order chi connectivity index (χ1) is 14.4. The maximum absolute atomic E-state index is 14.1. The Morgan fingerprint density at radius 2 is 2.07 bits per heavy atom. The fourth-order valence-corrected chi connectivity index (χ4v) is 5.18. The van der Waals surface area contributed by atoms with E-state index in [1.165, 1.54) is 4.68 Å². The normalized spacial score (nSPS) is 20.0. The Labute approximate surface area is 174 Å². The lowest BCUT2D eigenvalue weighted by molar-refractivity contribution is 0.260. The fourth-order valence-electron chi connectivity index (χ4n) is 4.25. The van der Waals surface area contributed by atoms with Crippen molar-refractivity contribution < 1.29 is 13.4 Å². The number of urea groups is 1. The lowest BCUT2D eigenvalue weighted by Gasteiger charge is -2.18. The van der Waals surface area contributed by atoms with Gasteiger partial charge in [0.05, 0.1) is 11.9 Å². The number of amides is 2. The van der Waals surface area contributed by atoms with Crippen LogP contribution in [-0.2, 0) is 29.3 Å². The van der Waals surface area contributed by atoms with Crippen molar-refractivity contribution in [2.75, 3.05) is 5.32 Å². The minimum atomic E-state index is -3.80. The SMILES string of the molecule is CCn1cc(F)c([S@](N)(=O)=NC(=O)Nc2c3c(nc(C4CC4)c2C2CC2)CCC3)n1. The number of carbonyl (C=O) groups is 1. The van der Waals surface area contributed by atoms with E-state index in [1.54, 1.807) is 6.92 Å². The van der Waals surface area contributed by atoms with Crippen LogP contribution in [0.1, 0.15) is 73.4 Å². The van der Waals surface area contributed by atoms with Crippen molar-refractivity contribution in [1.82, 2.24) is 14.8 Å². The van der Waals surface area contributed by atoms with Crippen LogP contribution < -0.4 is 10.5 Å². The number of nitrogens with zero attached hydrogens (tertiary/aromatic N) is 4. The maximum Gasteiger partial charge on any atom is 0.354 e. The minimum Gasteiger partial charge on any atom is -0.305 e. The third kappa shape index (κ3) is 3.51. The Bertz CT molecular complexity index is 1160. The molecule has 30 heavy (non-hydrogen) atoms. The van der Waals surface area contributed by atoms with Gasteiger partial charge in [0.15, 0.2) is 15.7 Å². The molecule has 3 N–H and O–H groups in total. The molecule has 0 radical (unpaired) electrons. The number of hydrogen-bond donors (Lipinski definition) is 2. The van der Waals surface area contributed by atoms with E-state index >= 15 is 0 Å². The molecule has 0 bridgehead atoms. The van der Waals surface area contributed by atoms with E-state index in [9.17, 15) is 13.4 Å². The zero-order valence-electron chi connectivity index (χ0n) is 16.9. The molecule has 2 saturated carbocycles. The van der Waals surface area contributed by atoms with Crippen molar-refractivity contribution in [2.24, 2.45) is 9.50 Å². The highest BCUT2D eigenvalue weighted by atomic mass is 32.2. The van der Waals surface area contributed by atoms with E-state index in [1.807, 2.05) is 0 Å². The molecule has 2 aromatic rings. The lowest BCUT2D eigenvalue weighted by Crippen LogP contribution is -2.20. The summed E-state index contributed by atoms with van der Waals surface area (Å²) in [5.41, 5.74) is 5.08. The summed E-state index contributed by atoms with van der Waals surface area (Å²) in [5, 5.41) is 12.0. The van der Waals surface area contributed by atoms with Gasteiger partial charge in [0.2, 0.25) is 5.03 Å². The summed E-state index contributed by atoms with van der Waals surface area (Å²) < 4.78 is 31.9. The van der Waals surface area contributed by atoms with Crippen LogP contribution in [0, 0.1) is 5.82 Å². The molecule has 2 heterocycles. The molecule has 2 fully saturated rings. The Hall–Kier alpha value is -2.33. The van der Waals surface area contributed by atoms with E-state index in [0.717, 1.165) is 79.3 Å². The van der Waals surface area contributed by atoms with Crippen molar-refractivity contribution in [3.8, 4) is 0 Å². The summed E-state index contributed by atoms with van der Waals surface area (Å²) in [7, 11) is -3.80. The monoisotopic (exact) mass is 432 g/mol. The van der Waals surface area contributed by atoms with Crippen LogP contribution in [-0.4, -0.2) is 25.0 Å². The Kier molecular flexibility index (Phi) is 4.66. The van der Waals surface area contributed by atoms with Crippen molar-refractivity contribution >= 4 is 21.6 Å². The fraction of sp³-hybridized carbons (Fsp3) is 0.550. The number of halogens is 1. The Morgan fingerprint density at radius 1 is 1.33 bits per heavy atom. The first-order valence-electron chi connectivity index (χ1n) is 10.5. The van der Waals surface area contributed by atoms with Crippen LogP contribution in [0.3, 0.4) is 0 Å². The number of carbonyl (C=O) groups excluding carboxylic acids is 1. The number of nitrogens with two attached hydrogens (primary N) is 1. The smallest absolute Gasteiger partial charge is 0.305 e. The summed E-state index contributed by atoms with van der Waals surface area (Å²) in [6, 6.07) is -0.836. The molecular formula is C20H25FN6O2S. The highest BCUT2D eigenvalue weighted by molar-refractivity contribution is 7.91. The van der Waals surface area contributed by atoms with Gasteiger partial charge in [-0.25, -0.2) is 18.5 Å². The largest absolute Gasteiger partial charge is 0.354 e. The van der Waals surface area contributed by atoms with Gasteiger partial charge in [0.1, 0.15) is 0 Å². The van der Waals surface area contributed by atoms with Gasteiger partial charge in [-0.05, 0) is 63.4 Å². The number of rotatable bonds is 5. The number of aromatic nitrogens is 3. The van der Waals surface area contributed by atoms with E-state index in [0.29, 0.717) is 18.4 Å². The van der Waals surface area contributed by atoms with Gasteiger partial charge in [0.25, 0.3) is 0 Å². The van der Waals surface area contributed by atoms with Crippen molar-refractivity contribution in [2.45, 2.75) is 75.3 Å². The molecule has 160 valence electrons. The zero-order chi connectivity index (χ0) is 21.0. The molecule has 5 rings (SSSR count). The van der Waals surface area contributed by atoms with Crippen LogP contribution in [0.15, 0.2) is 15.6 Å². The second-order valence-corrected chi connectivity index (χ2v) is 10.0. The highest BCUT2D eigenvalue weighted by Crippen LogP contribution is 2.52. The number of aryl methyl sites for hydroxylation is 2. The highest BCUT2D eigenvalue weighted by Gasteiger charge is 2.38. The summed E-state index contributed by atoms with van der Waals surface area (Å²) in [4.78, 5) is 17.7. The van der Waals surface area contributed by atoms with Crippen molar-refractivity contribution in [3.05, 3.63) is 34.5 Å². The first kappa shape index (κ1) is 19.6. The third-order valence-corrected chi connectivity index (χ3v) is 7.25. The average Bonchev–Trinajstić information content (AvgIpc) is 3.61. The molecule has 2 amide bonds. The predicted molar refractivity (Wildman–Crippen MR) is 110 cm³/mol. The predicted octanol–water partition coefficient (Wildman–Crippen LogP) is 3.61. The van der Waals surface area contributed by atoms with Crippen molar-refractivity contribution in [3.63, 3.8) is 0 Å². The van der Waals surface area contributed by atoms with Crippen LogP contribution in [0.5, 0.6) is 0 Å². The van der Waals surface area contributed by atoms with Crippen molar-refractivity contribution in [1.29, 1.82) is 0 Å². The number of fused-ring (bicyclic) bond motifs is 1. The van der Waals surface area contributed by atoms with Gasteiger partial charge in [-0.2, -0.15) is 5.10 Å². The molecule has 10 heteroatoms. The first-order valence-corrected chi connectivity index (χ1v) is 12.1. The number of pyridine rings is 1.